The SMILES string of the molecule is CCC(=O)N(c1ccccc1)c1n[nH]c2c1CN(Cc1ccccc1)C2. The molecule has 0 saturated carbocycles. The highest BCUT2D eigenvalue weighted by Gasteiger charge is 2.30. The van der Waals surface area contributed by atoms with Gasteiger partial charge in [-0.05, 0) is 17.7 Å². The van der Waals surface area contributed by atoms with Gasteiger partial charge in [0.05, 0.1) is 11.4 Å². The maximum absolute atomic E-state index is 12.6. The predicted octanol–water partition coefficient (Wildman–Crippen LogP) is 4.00. The number of benzene rings is 2. The van der Waals surface area contributed by atoms with Crippen LogP contribution in [0.2, 0.25) is 0 Å². The summed E-state index contributed by atoms with van der Waals surface area (Å²) in [6.07, 6.45) is 0.435. The molecule has 0 spiro atoms. The first-order valence-electron chi connectivity index (χ1n) is 8.96. The van der Waals surface area contributed by atoms with Crippen LogP contribution in [0.25, 0.3) is 0 Å². The van der Waals surface area contributed by atoms with Crippen molar-refractivity contribution in [2.75, 3.05) is 4.90 Å². The van der Waals surface area contributed by atoms with Crippen molar-refractivity contribution in [1.82, 2.24) is 15.1 Å². The summed E-state index contributed by atoms with van der Waals surface area (Å²) in [5, 5.41) is 7.62. The predicted molar refractivity (Wildman–Crippen MR) is 102 cm³/mol. The number of nitrogens with zero attached hydrogens (tertiary/aromatic N) is 3. The van der Waals surface area contributed by atoms with Crippen LogP contribution < -0.4 is 4.90 Å². The van der Waals surface area contributed by atoms with Gasteiger partial charge in [-0.25, -0.2) is 0 Å². The Labute approximate surface area is 153 Å². The topological polar surface area (TPSA) is 52.2 Å². The lowest BCUT2D eigenvalue weighted by Crippen LogP contribution is -2.26. The van der Waals surface area contributed by atoms with Crippen molar-refractivity contribution < 1.29 is 4.79 Å². The van der Waals surface area contributed by atoms with Crippen molar-refractivity contribution in [2.24, 2.45) is 0 Å². The molecule has 0 atom stereocenters. The first-order valence-corrected chi connectivity index (χ1v) is 8.96. The highest BCUT2D eigenvalue weighted by Crippen LogP contribution is 2.34. The highest BCUT2D eigenvalue weighted by molar-refractivity contribution is 6.00. The molecule has 2 aromatic carbocycles. The fourth-order valence-electron chi connectivity index (χ4n) is 3.45. The molecule has 1 N–H and O–H groups in total. The summed E-state index contributed by atoms with van der Waals surface area (Å²) in [6.45, 7) is 4.37. The van der Waals surface area contributed by atoms with Crippen LogP contribution in [0.4, 0.5) is 11.5 Å². The lowest BCUT2D eigenvalue weighted by Gasteiger charge is -2.22. The van der Waals surface area contributed by atoms with E-state index in [1.165, 1.54) is 5.56 Å². The van der Waals surface area contributed by atoms with Crippen molar-refractivity contribution in [3.8, 4) is 0 Å². The van der Waals surface area contributed by atoms with Crippen molar-refractivity contribution in [3.63, 3.8) is 0 Å². The summed E-state index contributed by atoms with van der Waals surface area (Å²) in [6, 6.07) is 20.2. The van der Waals surface area contributed by atoms with Gasteiger partial charge in [0.1, 0.15) is 0 Å². The molecule has 1 aromatic heterocycles. The maximum Gasteiger partial charge on any atom is 0.232 e. The Hall–Kier alpha value is -2.92. The van der Waals surface area contributed by atoms with Crippen LogP contribution >= 0.6 is 0 Å². The zero-order valence-corrected chi connectivity index (χ0v) is 14.9. The zero-order valence-electron chi connectivity index (χ0n) is 14.9. The number of hydrogen-bond donors (Lipinski definition) is 1. The number of hydrogen-bond acceptors (Lipinski definition) is 3. The normalized spacial score (nSPS) is 13.6. The number of H-pyrrole nitrogens is 1. The summed E-state index contributed by atoms with van der Waals surface area (Å²) in [4.78, 5) is 16.7. The molecular formula is C21H22N4O. The van der Waals surface area contributed by atoms with Gasteiger partial charge in [-0.3, -0.25) is 19.7 Å². The quantitative estimate of drug-likeness (QED) is 0.760. The molecule has 0 saturated heterocycles. The fourth-order valence-corrected chi connectivity index (χ4v) is 3.45. The smallest absolute Gasteiger partial charge is 0.232 e. The van der Waals surface area contributed by atoms with E-state index in [1.54, 1.807) is 4.90 Å². The minimum atomic E-state index is 0.0482. The number of anilines is 2. The Bertz CT molecular complexity index is 889. The second-order valence-corrected chi connectivity index (χ2v) is 6.55. The minimum absolute atomic E-state index is 0.0482. The van der Waals surface area contributed by atoms with Crippen molar-refractivity contribution in [2.45, 2.75) is 33.0 Å². The van der Waals surface area contributed by atoms with E-state index in [0.717, 1.165) is 42.4 Å². The number of aromatic amines is 1. The monoisotopic (exact) mass is 346 g/mol. The molecule has 132 valence electrons. The van der Waals surface area contributed by atoms with Crippen LogP contribution in [0.3, 0.4) is 0 Å². The molecule has 5 nitrogen and oxygen atoms in total. The minimum Gasteiger partial charge on any atom is -0.289 e. The molecule has 5 heteroatoms. The van der Waals surface area contributed by atoms with Crippen molar-refractivity contribution in [1.29, 1.82) is 0 Å². The molecule has 0 fully saturated rings. The summed E-state index contributed by atoms with van der Waals surface area (Å²) >= 11 is 0. The van der Waals surface area contributed by atoms with Gasteiger partial charge in [0.2, 0.25) is 5.91 Å². The fraction of sp³-hybridized carbons (Fsp3) is 0.238. The van der Waals surface area contributed by atoms with E-state index in [4.69, 9.17) is 0 Å². The summed E-state index contributed by atoms with van der Waals surface area (Å²) in [7, 11) is 0. The summed E-state index contributed by atoms with van der Waals surface area (Å²) in [5.74, 6) is 0.778. The largest absolute Gasteiger partial charge is 0.289 e. The Morgan fingerprint density at radius 2 is 1.77 bits per heavy atom. The second-order valence-electron chi connectivity index (χ2n) is 6.55. The molecule has 0 radical (unpaired) electrons. The lowest BCUT2D eigenvalue weighted by atomic mass is 10.2. The summed E-state index contributed by atoms with van der Waals surface area (Å²) < 4.78 is 0. The Morgan fingerprint density at radius 1 is 1.08 bits per heavy atom. The van der Waals surface area contributed by atoms with Gasteiger partial charge >= 0.3 is 0 Å². The summed E-state index contributed by atoms with van der Waals surface area (Å²) in [5.41, 5.74) is 4.36. The van der Waals surface area contributed by atoms with Crippen LogP contribution in [0, 0.1) is 0 Å². The van der Waals surface area contributed by atoms with Crippen LogP contribution in [0.1, 0.15) is 30.2 Å². The number of aromatic nitrogens is 2. The molecule has 3 aromatic rings. The maximum atomic E-state index is 12.6. The van der Waals surface area contributed by atoms with Crippen molar-refractivity contribution >= 4 is 17.4 Å². The number of amides is 1. The van der Waals surface area contributed by atoms with E-state index in [9.17, 15) is 4.79 Å². The number of rotatable bonds is 5. The van der Waals surface area contributed by atoms with E-state index in [1.807, 2.05) is 43.3 Å². The van der Waals surface area contributed by atoms with Gasteiger partial charge < -0.3 is 0 Å². The third-order valence-electron chi connectivity index (χ3n) is 4.72. The van der Waals surface area contributed by atoms with Gasteiger partial charge in [0.15, 0.2) is 5.82 Å². The molecule has 1 aliphatic heterocycles. The average Bonchev–Trinajstić information content (AvgIpc) is 3.24. The van der Waals surface area contributed by atoms with Gasteiger partial charge in [-0.2, -0.15) is 5.10 Å². The van der Waals surface area contributed by atoms with Crippen LogP contribution in [0.5, 0.6) is 0 Å². The first-order chi connectivity index (χ1) is 12.8. The van der Waals surface area contributed by atoms with Crippen LogP contribution in [0.15, 0.2) is 60.7 Å². The number of carbonyl (C=O) groups is 1. The second kappa shape index (κ2) is 7.14. The molecule has 0 unspecified atom stereocenters. The Balaban J connectivity index is 1.61. The van der Waals surface area contributed by atoms with Gasteiger partial charge in [0, 0.05) is 31.6 Å². The Morgan fingerprint density at radius 3 is 2.46 bits per heavy atom. The van der Waals surface area contributed by atoms with Gasteiger partial charge in [0.25, 0.3) is 0 Å². The van der Waals surface area contributed by atoms with Crippen molar-refractivity contribution in [3.05, 3.63) is 77.5 Å². The highest BCUT2D eigenvalue weighted by atomic mass is 16.2. The number of nitrogens with one attached hydrogen (secondary N) is 1. The van der Waals surface area contributed by atoms with E-state index in [-0.39, 0.29) is 5.91 Å². The standard InChI is InChI=1S/C21H22N4O/c1-2-20(26)25(17-11-7-4-8-12-17)21-18-14-24(15-19(18)22-23-21)13-16-9-5-3-6-10-16/h3-12H,2,13-15H2,1H3,(H,22,23). The Kier molecular flexibility index (Phi) is 4.54. The zero-order chi connectivity index (χ0) is 17.9. The number of fused-ring (bicyclic) bond motifs is 1. The lowest BCUT2D eigenvalue weighted by molar-refractivity contribution is -0.117. The molecule has 1 aliphatic rings. The first kappa shape index (κ1) is 16.5. The molecule has 26 heavy (non-hydrogen) atoms. The molecule has 0 aliphatic carbocycles. The molecule has 2 heterocycles. The van der Waals surface area contributed by atoms with Gasteiger partial charge in [-0.15, -0.1) is 0 Å². The average molecular weight is 346 g/mol. The third kappa shape index (κ3) is 3.13. The van der Waals surface area contributed by atoms with Crippen LogP contribution in [-0.4, -0.2) is 21.0 Å². The van der Waals surface area contributed by atoms with Crippen LogP contribution in [-0.2, 0) is 24.4 Å². The van der Waals surface area contributed by atoms with E-state index in [2.05, 4.69) is 39.4 Å². The molecular weight excluding hydrogens is 324 g/mol. The van der Waals surface area contributed by atoms with E-state index < -0.39 is 0 Å². The van der Waals surface area contributed by atoms with Gasteiger partial charge in [-0.1, -0.05) is 55.5 Å². The van der Waals surface area contributed by atoms with E-state index in [0.29, 0.717) is 6.42 Å². The number of carbonyl (C=O) groups excluding carboxylic acids is 1. The number of para-hydroxylation sites is 1. The molecule has 4 rings (SSSR count). The molecule has 1 amide bonds. The van der Waals surface area contributed by atoms with E-state index >= 15 is 0 Å². The molecule has 0 bridgehead atoms. The third-order valence-corrected chi connectivity index (χ3v) is 4.72.